The summed E-state index contributed by atoms with van der Waals surface area (Å²) in [5.41, 5.74) is 8.44. The molecule has 1 unspecified atom stereocenters. The highest BCUT2D eigenvalue weighted by Crippen LogP contribution is 2.20. The maximum atomic E-state index is 13.1. The molecular formula is C11H12FN5O. The molecule has 1 rings (SSSR count). The Morgan fingerprint density at radius 3 is 2.94 bits per heavy atom. The second-order valence-corrected chi connectivity index (χ2v) is 3.57. The summed E-state index contributed by atoms with van der Waals surface area (Å²) in [6.45, 7) is 0.782. The number of phenols is 1. The van der Waals surface area contributed by atoms with E-state index >= 15 is 0 Å². The SMILES string of the molecule is N#CC(NCCCN=[N+]=[N-])c1cc(O)cc(F)c1. The van der Waals surface area contributed by atoms with Crippen LogP contribution in [0.3, 0.4) is 0 Å². The van der Waals surface area contributed by atoms with Gasteiger partial charge in [0.05, 0.1) is 6.07 Å². The topological polar surface area (TPSA) is 105 Å². The lowest BCUT2D eigenvalue weighted by atomic mass is 10.1. The Kier molecular flexibility index (Phi) is 5.45. The highest BCUT2D eigenvalue weighted by Gasteiger charge is 2.11. The van der Waals surface area contributed by atoms with E-state index in [2.05, 4.69) is 15.3 Å². The van der Waals surface area contributed by atoms with E-state index in [1.54, 1.807) is 0 Å². The van der Waals surface area contributed by atoms with Crippen LogP contribution in [-0.4, -0.2) is 18.2 Å². The number of hydrogen-bond acceptors (Lipinski definition) is 4. The van der Waals surface area contributed by atoms with Crippen LogP contribution in [0.2, 0.25) is 0 Å². The molecule has 6 nitrogen and oxygen atoms in total. The van der Waals surface area contributed by atoms with E-state index in [4.69, 9.17) is 10.8 Å². The summed E-state index contributed by atoms with van der Waals surface area (Å²) in [6, 6.07) is 4.75. The molecule has 0 aromatic heterocycles. The van der Waals surface area contributed by atoms with Gasteiger partial charge in [-0.2, -0.15) is 5.26 Å². The van der Waals surface area contributed by atoms with Gasteiger partial charge in [0.15, 0.2) is 0 Å². The van der Waals surface area contributed by atoms with Gasteiger partial charge in [0.25, 0.3) is 0 Å². The smallest absolute Gasteiger partial charge is 0.127 e. The van der Waals surface area contributed by atoms with E-state index in [0.717, 1.165) is 6.07 Å². The Morgan fingerprint density at radius 2 is 2.33 bits per heavy atom. The van der Waals surface area contributed by atoms with Gasteiger partial charge in [-0.05, 0) is 36.2 Å². The Morgan fingerprint density at radius 1 is 1.56 bits per heavy atom. The Bertz CT molecular complexity index is 472. The molecule has 1 atom stereocenters. The first-order valence-electron chi connectivity index (χ1n) is 5.30. The van der Waals surface area contributed by atoms with Gasteiger partial charge in [-0.25, -0.2) is 4.39 Å². The first kappa shape index (κ1) is 13.8. The quantitative estimate of drug-likeness (QED) is 0.350. The molecule has 0 amide bonds. The van der Waals surface area contributed by atoms with E-state index in [1.807, 2.05) is 6.07 Å². The van der Waals surface area contributed by atoms with Crippen LogP contribution < -0.4 is 5.32 Å². The van der Waals surface area contributed by atoms with Crippen LogP contribution in [0.5, 0.6) is 5.75 Å². The van der Waals surface area contributed by atoms with Crippen molar-refractivity contribution in [1.29, 1.82) is 5.26 Å². The minimum absolute atomic E-state index is 0.221. The van der Waals surface area contributed by atoms with Crippen molar-refractivity contribution in [1.82, 2.24) is 5.32 Å². The van der Waals surface area contributed by atoms with Crippen LogP contribution in [0.25, 0.3) is 10.4 Å². The van der Waals surface area contributed by atoms with Crippen molar-refractivity contribution in [2.75, 3.05) is 13.1 Å². The van der Waals surface area contributed by atoms with Crippen molar-refractivity contribution < 1.29 is 9.50 Å². The molecule has 0 radical (unpaired) electrons. The number of rotatable bonds is 6. The third-order valence-electron chi connectivity index (χ3n) is 2.21. The van der Waals surface area contributed by atoms with Crippen molar-refractivity contribution in [3.05, 3.63) is 40.0 Å². The van der Waals surface area contributed by atoms with Crippen LogP contribution in [0, 0.1) is 17.1 Å². The summed E-state index contributed by atoms with van der Waals surface area (Å²) >= 11 is 0. The summed E-state index contributed by atoms with van der Waals surface area (Å²) in [6.07, 6.45) is 0.573. The summed E-state index contributed by atoms with van der Waals surface area (Å²) in [7, 11) is 0. The summed E-state index contributed by atoms with van der Waals surface area (Å²) in [5.74, 6) is -0.817. The second kappa shape index (κ2) is 7.12. The fourth-order valence-corrected chi connectivity index (χ4v) is 1.44. The molecule has 18 heavy (non-hydrogen) atoms. The summed E-state index contributed by atoms with van der Waals surface area (Å²) in [5, 5.41) is 24.4. The minimum Gasteiger partial charge on any atom is -0.508 e. The van der Waals surface area contributed by atoms with Crippen molar-refractivity contribution in [3.63, 3.8) is 0 Å². The molecule has 0 heterocycles. The van der Waals surface area contributed by atoms with Gasteiger partial charge in [0, 0.05) is 17.5 Å². The Labute approximate surface area is 103 Å². The third-order valence-corrected chi connectivity index (χ3v) is 2.21. The highest BCUT2D eigenvalue weighted by molar-refractivity contribution is 5.32. The Hall–Kier alpha value is -2.29. The average molecular weight is 249 g/mol. The fourth-order valence-electron chi connectivity index (χ4n) is 1.44. The summed E-state index contributed by atoms with van der Waals surface area (Å²) in [4.78, 5) is 2.60. The van der Waals surface area contributed by atoms with E-state index in [0.29, 0.717) is 25.1 Å². The largest absolute Gasteiger partial charge is 0.508 e. The number of halogens is 1. The number of nitriles is 1. The van der Waals surface area contributed by atoms with Gasteiger partial charge < -0.3 is 5.11 Å². The first-order chi connectivity index (χ1) is 8.67. The van der Waals surface area contributed by atoms with Crippen molar-refractivity contribution in [2.45, 2.75) is 12.5 Å². The lowest BCUT2D eigenvalue weighted by Crippen LogP contribution is -2.21. The molecule has 0 aliphatic heterocycles. The second-order valence-electron chi connectivity index (χ2n) is 3.57. The third kappa shape index (κ3) is 4.29. The van der Waals surface area contributed by atoms with Gasteiger partial charge in [0.1, 0.15) is 17.6 Å². The minimum atomic E-state index is -0.710. The number of nitrogens with one attached hydrogen (secondary N) is 1. The molecule has 0 saturated heterocycles. The molecule has 0 saturated carbocycles. The molecule has 0 fully saturated rings. The number of azide groups is 1. The number of hydrogen-bond donors (Lipinski definition) is 2. The molecule has 0 aliphatic rings. The number of nitrogens with zero attached hydrogens (tertiary/aromatic N) is 4. The van der Waals surface area contributed by atoms with Crippen molar-refractivity contribution >= 4 is 0 Å². The average Bonchev–Trinajstić information content (AvgIpc) is 2.32. The molecule has 0 bridgehead atoms. The molecule has 1 aromatic rings. The van der Waals surface area contributed by atoms with E-state index < -0.39 is 11.9 Å². The van der Waals surface area contributed by atoms with E-state index in [9.17, 15) is 9.50 Å². The highest BCUT2D eigenvalue weighted by atomic mass is 19.1. The fraction of sp³-hybridized carbons (Fsp3) is 0.364. The Balaban J connectivity index is 2.60. The van der Waals surface area contributed by atoms with Crippen LogP contribution in [0.4, 0.5) is 4.39 Å². The molecular weight excluding hydrogens is 237 g/mol. The predicted octanol–water partition coefficient (Wildman–Crippen LogP) is 2.39. The van der Waals surface area contributed by atoms with Gasteiger partial charge in [-0.15, -0.1) is 0 Å². The zero-order chi connectivity index (χ0) is 13.4. The molecule has 2 N–H and O–H groups in total. The summed E-state index contributed by atoms with van der Waals surface area (Å²) < 4.78 is 13.1. The zero-order valence-corrected chi connectivity index (χ0v) is 9.54. The molecule has 7 heteroatoms. The van der Waals surface area contributed by atoms with Gasteiger partial charge in [-0.3, -0.25) is 5.32 Å². The first-order valence-corrected chi connectivity index (χ1v) is 5.30. The molecule has 0 spiro atoms. The molecule has 94 valence electrons. The number of phenolic OH excluding ortho intramolecular Hbond substituents is 1. The lowest BCUT2D eigenvalue weighted by molar-refractivity contribution is 0.466. The van der Waals surface area contributed by atoms with Crippen LogP contribution in [-0.2, 0) is 0 Å². The number of aromatic hydroxyl groups is 1. The molecule has 0 aliphatic carbocycles. The van der Waals surface area contributed by atoms with E-state index in [-0.39, 0.29) is 5.75 Å². The van der Waals surface area contributed by atoms with Gasteiger partial charge in [-0.1, -0.05) is 5.11 Å². The van der Waals surface area contributed by atoms with Crippen LogP contribution in [0.1, 0.15) is 18.0 Å². The lowest BCUT2D eigenvalue weighted by Gasteiger charge is -2.11. The maximum absolute atomic E-state index is 13.1. The molecule has 1 aromatic carbocycles. The predicted molar refractivity (Wildman–Crippen MR) is 63.1 cm³/mol. The number of benzene rings is 1. The van der Waals surface area contributed by atoms with E-state index in [1.165, 1.54) is 12.1 Å². The van der Waals surface area contributed by atoms with Crippen LogP contribution >= 0.6 is 0 Å². The van der Waals surface area contributed by atoms with Gasteiger partial charge >= 0.3 is 0 Å². The normalized spacial score (nSPS) is 11.3. The van der Waals surface area contributed by atoms with Crippen molar-refractivity contribution in [2.24, 2.45) is 5.11 Å². The monoisotopic (exact) mass is 249 g/mol. The van der Waals surface area contributed by atoms with Gasteiger partial charge in [0.2, 0.25) is 0 Å². The maximum Gasteiger partial charge on any atom is 0.127 e. The van der Waals surface area contributed by atoms with Crippen LogP contribution in [0.15, 0.2) is 23.3 Å². The zero-order valence-electron chi connectivity index (χ0n) is 9.54. The standard InChI is InChI=1S/C11H12FN5O/c12-9-4-8(5-10(18)6-9)11(7-13)15-2-1-3-16-17-14/h4-6,11,15,18H,1-3H2. The van der Waals surface area contributed by atoms with Crippen molar-refractivity contribution in [3.8, 4) is 11.8 Å².